The summed E-state index contributed by atoms with van der Waals surface area (Å²) in [6.45, 7) is 9.71. The van der Waals surface area contributed by atoms with Crippen molar-refractivity contribution >= 4 is 82.9 Å². The van der Waals surface area contributed by atoms with Crippen LogP contribution in [-0.4, -0.2) is 199 Å². The molecule has 0 aromatic heterocycles. The molecule has 2 aromatic carbocycles. The Balaban J connectivity index is 1.77. The van der Waals surface area contributed by atoms with E-state index in [0.29, 0.717) is 24.8 Å². The number of hydrogen-bond acceptors (Lipinski definition) is 19. The maximum absolute atomic E-state index is 14.9. The number of phenolic OH excluding ortho intramolecular Hbond substituents is 1. The molecule has 107 heavy (non-hydrogen) atoms. The van der Waals surface area contributed by atoms with E-state index in [1.165, 1.54) is 87.1 Å². The van der Waals surface area contributed by atoms with Gasteiger partial charge in [0.15, 0.2) is 0 Å². The molecule has 596 valence electrons. The normalized spacial score (nSPS) is 21.7. The van der Waals surface area contributed by atoms with E-state index in [9.17, 15) is 92.7 Å². The van der Waals surface area contributed by atoms with Gasteiger partial charge in [-0.05, 0) is 112 Å². The summed E-state index contributed by atoms with van der Waals surface area (Å²) in [6.07, 6.45) is 6.64. The van der Waals surface area contributed by atoms with E-state index in [2.05, 4.69) is 54.8 Å². The highest BCUT2D eigenvalue weighted by molar-refractivity contribution is 6.00. The quantitative estimate of drug-likeness (QED) is 0.0198. The number of aliphatic hydroxyl groups excluding tert-OH is 2. The molecule has 3 aliphatic rings. The molecule has 1 saturated heterocycles. The fourth-order valence-electron chi connectivity index (χ4n) is 12.6. The van der Waals surface area contributed by atoms with Crippen molar-refractivity contribution in [3.63, 3.8) is 0 Å². The Morgan fingerprint density at radius 2 is 1.13 bits per heavy atom. The lowest BCUT2D eigenvalue weighted by Crippen LogP contribution is -2.62. The van der Waals surface area contributed by atoms with Crippen molar-refractivity contribution in [3.05, 3.63) is 59.7 Å². The van der Waals surface area contributed by atoms with Crippen molar-refractivity contribution < 1.29 is 97.4 Å². The van der Waals surface area contributed by atoms with Crippen LogP contribution in [0.5, 0.6) is 11.5 Å². The number of rotatable bonds is 38. The minimum Gasteiger partial charge on any atom is -0.508 e. The first-order valence-corrected chi connectivity index (χ1v) is 37.8. The van der Waals surface area contributed by atoms with Gasteiger partial charge in [0.05, 0.1) is 18.6 Å². The van der Waals surface area contributed by atoms with Crippen molar-refractivity contribution in [3.8, 4) is 11.5 Å². The minimum atomic E-state index is -1.99. The number of carboxylic acids is 2. The molecule has 2 aromatic rings. The Hall–Kier alpha value is -9.30. The summed E-state index contributed by atoms with van der Waals surface area (Å²) < 4.78 is 5.84. The molecule has 5 rings (SSSR count). The molecular weight excluding hydrogens is 1390 g/mol. The van der Waals surface area contributed by atoms with Crippen molar-refractivity contribution in [2.45, 2.75) is 288 Å². The molecule has 0 radical (unpaired) electrons. The molecular formula is C75H116N12O20. The lowest BCUT2D eigenvalue weighted by atomic mass is 9.97. The van der Waals surface area contributed by atoms with Crippen LogP contribution in [0.2, 0.25) is 0 Å². The molecule has 3 heterocycles. The number of nitrogens with zero attached hydrogens (tertiary/aromatic N) is 1. The number of carbonyl (C=O) groups excluding carboxylic acids is 12. The zero-order valence-electron chi connectivity index (χ0n) is 62.7. The summed E-state index contributed by atoms with van der Waals surface area (Å²) in [7, 11) is 0. The van der Waals surface area contributed by atoms with Crippen LogP contribution in [0.15, 0.2) is 48.5 Å². The van der Waals surface area contributed by atoms with Crippen LogP contribution in [0.1, 0.15) is 213 Å². The summed E-state index contributed by atoms with van der Waals surface area (Å²) in [6, 6.07) is -4.87. The molecule has 1 unspecified atom stereocenters. The lowest BCUT2D eigenvalue weighted by Gasteiger charge is -2.32. The van der Waals surface area contributed by atoms with Gasteiger partial charge in [0.1, 0.15) is 71.9 Å². The second kappa shape index (κ2) is 47.4. The number of amides is 11. The van der Waals surface area contributed by atoms with Crippen LogP contribution in [0.4, 0.5) is 0 Å². The Morgan fingerprint density at radius 3 is 1.70 bits per heavy atom. The van der Waals surface area contributed by atoms with Gasteiger partial charge >= 0.3 is 17.9 Å². The Morgan fingerprint density at radius 1 is 0.589 bits per heavy atom. The number of aromatic hydroxyl groups is 1. The molecule has 2 bridgehead atoms. The van der Waals surface area contributed by atoms with Gasteiger partial charge in [0.25, 0.3) is 0 Å². The highest BCUT2D eigenvalue weighted by Crippen LogP contribution is 2.24. The molecule has 11 amide bonds. The predicted molar refractivity (Wildman–Crippen MR) is 392 cm³/mol. The maximum Gasteiger partial charge on any atom is 0.334 e. The number of hydrogen-bond donors (Lipinski definition) is 16. The number of esters is 1. The third kappa shape index (κ3) is 32.4. The molecule has 32 heteroatoms. The Bertz CT molecular complexity index is 3270. The van der Waals surface area contributed by atoms with E-state index in [1.807, 2.05) is 0 Å². The Labute approximate surface area is 625 Å². The number of carbonyl (C=O) groups is 14. The number of benzene rings is 2. The summed E-state index contributed by atoms with van der Waals surface area (Å²) in [4.78, 5) is 196. The number of unbranched alkanes of at least 4 members (excludes halogenated alkanes) is 11. The molecule has 13 atom stereocenters. The summed E-state index contributed by atoms with van der Waals surface area (Å²) in [5, 5.41) is 74.6. The zero-order chi connectivity index (χ0) is 79.3. The van der Waals surface area contributed by atoms with Gasteiger partial charge in [-0.3, -0.25) is 62.3 Å². The summed E-state index contributed by atoms with van der Waals surface area (Å²) in [5.74, 6) is -16.1. The van der Waals surface area contributed by atoms with E-state index in [4.69, 9.17) is 16.2 Å². The standard InChI is InChI=1S/C75H116N12O20/c1-7-9-10-11-12-13-14-15-16-17-18-19-22-50(90)43-60(92)78-53(34-37-61(93)94)67(98)79-52(23-20-39-76)66(97)82-57-42-48-27-31-51(32-28-48)107-75(106)64(45(5)8-2)85-70(101)56(41-47-25-29-49(89)30-26-47)83-68(99)54(33-36-59(77)91)80-72(103)58-24-21-40-87(58)74(105)63(44(3)4)84-69(100)55(35-38-62(95)96)81-73(104)65(46(6)88)86-71(57)102/h25-32,44-46,50,52-58,63-65,88-90H,7-24,33-43,76H2,1-6H3,(H2,77,91)(H,78,92)(H,79,98)(H,80,103)(H,81,104)(H,82,97)(H,83,99)(H,84,100)(H,85,101)(H,86,102)(H,93,94)(H,95,96)/t45-,46-,50?,52+,53-,54-,55-,56+,57-,58-,63-,64-,65+/m0/s1. The smallest absolute Gasteiger partial charge is 0.334 e. The van der Waals surface area contributed by atoms with E-state index >= 15 is 0 Å². The van der Waals surface area contributed by atoms with Gasteiger partial charge in [-0.15, -0.1) is 0 Å². The fourth-order valence-corrected chi connectivity index (χ4v) is 12.6. The third-order valence-electron chi connectivity index (χ3n) is 19.2. The largest absolute Gasteiger partial charge is 0.508 e. The molecule has 3 aliphatic heterocycles. The van der Waals surface area contributed by atoms with Crippen molar-refractivity contribution in [1.29, 1.82) is 0 Å². The van der Waals surface area contributed by atoms with E-state index < -0.39 is 219 Å². The van der Waals surface area contributed by atoms with Gasteiger partial charge in [-0.1, -0.05) is 142 Å². The van der Waals surface area contributed by atoms with Gasteiger partial charge < -0.3 is 94.5 Å². The van der Waals surface area contributed by atoms with Gasteiger partial charge in [-0.25, -0.2) is 4.79 Å². The highest BCUT2D eigenvalue weighted by atomic mass is 16.5. The van der Waals surface area contributed by atoms with Crippen LogP contribution in [0.25, 0.3) is 0 Å². The first-order chi connectivity index (χ1) is 50.8. The SMILES string of the molecule is CCCCCCCCCCCCCCC(O)CC(=O)N[C@@H](CCC(=O)O)C(=O)N[C@H](CCCN)C(=O)N[C@H]1Cc2ccc(cc2)OC(=O)[C@H]([C@@H](C)CC)NC(=O)[C@@H](Cc2ccc(O)cc2)NC(=O)[C@H](CCC(N)=O)NC(=O)[C@@H]2CCCN2C(=O)[C@H](C(C)C)NC(=O)[C@H](CCC(=O)O)NC(=O)[C@@H]([C@H](C)O)NC1=O. The van der Waals surface area contributed by atoms with Crippen LogP contribution in [0.3, 0.4) is 0 Å². The molecule has 32 nitrogen and oxygen atoms in total. The van der Waals surface area contributed by atoms with Crippen LogP contribution >= 0.6 is 0 Å². The topological polar surface area (TPSA) is 513 Å². The monoisotopic (exact) mass is 1500 g/mol. The number of carboxylic acid groups (broad SMARTS) is 2. The first-order valence-electron chi connectivity index (χ1n) is 37.8. The summed E-state index contributed by atoms with van der Waals surface area (Å²) >= 11 is 0. The van der Waals surface area contributed by atoms with Crippen molar-refractivity contribution in [2.75, 3.05) is 13.1 Å². The average molecular weight is 1510 g/mol. The van der Waals surface area contributed by atoms with E-state index in [1.54, 1.807) is 27.7 Å². The maximum atomic E-state index is 14.9. The third-order valence-corrected chi connectivity index (χ3v) is 19.2. The Kier molecular flexibility index (Phi) is 39.9. The van der Waals surface area contributed by atoms with E-state index in [-0.39, 0.29) is 62.3 Å². The second-order valence-corrected chi connectivity index (χ2v) is 28.4. The number of phenols is 1. The lowest BCUT2D eigenvalue weighted by molar-refractivity contribution is -0.144. The molecule has 0 spiro atoms. The molecule has 0 aliphatic carbocycles. The highest BCUT2D eigenvalue weighted by Gasteiger charge is 2.43. The van der Waals surface area contributed by atoms with Crippen molar-refractivity contribution in [1.82, 2.24) is 52.8 Å². The minimum absolute atomic E-state index is 0.0229. The second-order valence-electron chi connectivity index (χ2n) is 28.4. The van der Waals surface area contributed by atoms with Crippen LogP contribution < -0.4 is 64.1 Å². The number of nitrogens with one attached hydrogen (secondary N) is 9. The van der Waals surface area contributed by atoms with Crippen LogP contribution in [0, 0.1) is 11.8 Å². The predicted octanol–water partition coefficient (Wildman–Crippen LogP) is 2.11. The number of primary amides is 1. The first kappa shape index (κ1) is 90.1. The number of fused-ring (bicyclic) bond motifs is 23. The van der Waals surface area contributed by atoms with Gasteiger partial charge in [0.2, 0.25) is 65.0 Å². The van der Waals surface area contributed by atoms with Crippen LogP contribution in [-0.2, 0) is 80.0 Å². The number of ether oxygens (including phenoxy) is 1. The number of aliphatic hydroxyl groups is 2. The number of aliphatic carboxylic acids is 2. The molecule has 18 N–H and O–H groups in total. The fraction of sp³-hybridized carbons (Fsp3) is 0.653. The van der Waals surface area contributed by atoms with E-state index in [0.717, 1.165) is 43.9 Å². The van der Waals surface area contributed by atoms with Gasteiger partial charge in [0, 0.05) is 38.6 Å². The van der Waals surface area contributed by atoms with Crippen molar-refractivity contribution in [2.24, 2.45) is 23.3 Å². The summed E-state index contributed by atoms with van der Waals surface area (Å²) in [5.41, 5.74) is 12.1. The van der Waals surface area contributed by atoms with Gasteiger partial charge in [-0.2, -0.15) is 0 Å². The molecule has 1 fully saturated rings. The molecule has 0 saturated carbocycles. The number of nitrogens with two attached hydrogens (primary N) is 2. The zero-order valence-corrected chi connectivity index (χ0v) is 62.7. The average Bonchev–Trinajstić information content (AvgIpc) is 1.78.